The number of rotatable bonds is 4. The first kappa shape index (κ1) is 23.8. The van der Waals surface area contributed by atoms with Crippen LogP contribution < -0.4 is 9.95 Å². The van der Waals surface area contributed by atoms with E-state index < -0.39 is 31.0 Å². The Bertz CT molecular complexity index is 1330. The Kier molecular flexibility index (Phi) is 6.35. The number of phenols is 1. The second-order valence-electron chi connectivity index (χ2n) is 8.25. The van der Waals surface area contributed by atoms with Crippen molar-refractivity contribution >= 4 is 38.2 Å². The maximum absolute atomic E-state index is 13.0. The summed E-state index contributed by atoms with van der Waals surface area (Å²) in [6, 6.07) is 8.84. The van der Waals surface area contributed by atoms with Crippen molar-refractivity contribution in [1.29, 1.82) is 0 Å². The smallest absolute Gasteiger partial charge is 0.507 e. The molecule has 174 valence electrons. The van der Waals surface area contributed by atoms with Crippen LogP contribution in [0.3, 0.4) is 0 Å². The van der Waals surface area contributed by atoms with Gasteiger partial charge < -0.3 is 24.1 Å². The lowest BCUT2D eigenvalue weighted by atomic mass is 9.76. The standard InChI is InChI=1S/C21H22BClNO8P/c1-24-9-15(27)11(6-18(24)22)19-17(32-33(28,29)30)8-14(26)20-13(25)7-16(31-21(19)20)10-4-2-3-5-12(10)23/h2-5,7-8,11,15,18,26-27H,6,9,22H2,1H3,(H2,28,29,30). The van der Waals surface area contributed by atoms with Crippen molar-refractivity contribution in [2.75, 3.05) is 13.6 Å². The van der Waals surface area contributed by atoms with Crippen LogP contribution in [0, 0.1) is 0 Å². The van der Waals surface area contributed by atoms with Crippen LogP contribution in [0.2, 0.25) is 5.02 Å². The molecule has 0 radical (unpaired) electrons. The minimum atomic E-state index is -5.04. The maximum atomic E-state index is 13.0. The van der Waals surface area contributed by atoms with Gasteiger partial charge in [-0.3, -0.25) is 14.6 Å². The van der Waals surface area contributed by atoms with Crippen LogP contribution in [0.15, 0.2) is 45.6 Å². The number of phosphoric ester groups is 1. The summed E-state index contributed by atoms with van der Waals surface area (Å²) in [5, 5.41) is 21.5. The Balaban J connectivity index is 2.06. The lowest BCUT2D eigenvalue weighted by Gasteiger charge is -2.39. The van der Waals surface area contributed by atoms with Crippen molar-refractivity contribution in [3.8, 4) is 22.8 Å². The number of nitrogens with zero attached hydrogens (tertiary/aromatic N) is 1. The largest absolute Gasteiger partial charge is 0.524 e. The second kappa shape index (κ2) is 8.79. The highest BCUT2D eigenvalue weighted by molar-refractivity contribution is 7.46. The van der Waals surface area contributed by atoms with Crippen LogP contribution in [0.1, 0.15) is 17.9 Å². The fourth-order valence-electron chi connectivity index (χ4n) is 4.28. The molecule has 2 aromatic carbocycles. The van der Waals surface area contributed by atoms with Crippen molar-refractivity contribution in [2.45, 2.75) is 24.4 Å². The quantitative estimate of drug-likeness (QED) is 0.317. The zero-order valence-corrected chi connectivity index (χ0v) is 19.5. The van der Waals surface area contributed by atoms with E-state index in [2.05, 4.69) is 0 Å². The summed E-state index contributed by atoms with van der Waals surface area (Å²) in [6.45, 7) is 0.276. The normalized spacial score (nSPS) is 21.9. The number of hydrogen-bond acceptors (Lipinski definition) is 7. The number of β-amino-alcohol motifs (C(OH)–C–C–N with tert-alkyl or cyclic N) is 1. The molecule has 1 fully saturated rings. The predicted octanol–water partition coefficient (Wildman–Crippen LogP) is 2.03. The maximum Gasteiger partial charge on any atom is 0.524 e. The van der Waals surface area contributed by atoms with Gasteiger partial charge in [0.05, 0.1) is 11.1 Å². The van der Waals surface area contributed by atoms with E-state index in [1.807, 2.05) is 19.8 Å². The molecule has 3 unspecified atom stereocenters. The Morgan fingerprint density at radius 3 is 2.64 bits per heavy atom. The molecule has 3 aromatic rings. The number of fused-ring (bicyclic) bond motifs is 1. The van der Waals surface area contributed by atoms with Crippen molar-refractivity contribution < 1.29 is 33.5 Å². The summed E-state index contributed by atoms with van der Waals surface area (Å²) in [7, 11) is -1.25. The zero-order valence-electron chi connectivity index (χ0n) is 17.8. The Morgan fingerprint density at radius 2 is 1.97 bits per heavy atom. The van der Waals surface area contributed by atoms with Crippen LogP contribution in [-0.2, 0) is 4.57 Å². The third kappa shape index (κ3) is 4.68. The zero-order chi connectivity index (χ0) is 24.1. The van der Waals surface area contributed by atoms with Crippen LogP contribution in [0.5, 0.6) is 11.5 Å². The molecule has 2 heterocycles. The summed E-state index contributed by atoms with van der Waals surface area (Å²) in [4.78, 5) is 33.9. The van der Waals surface area contributed by atoms with Gasteiger partial charge in [0, 0.05) is 35.7 Å². The summed E-state index contributed by atoms with van der Waals surface area (Å²) < 4.78 is 22.6. The Morgan fingerprint density at radius 1 is 1.27 bits per heavy atom. The highest BCUT2D eigenvalue weighted by Crippen LogP contribution is 2.48. The monoisotopic (exact) mass is 493 g/mol. The number of likely N-dealkylation sites (tertiary alicyclic amines) is 1. The van der Waals surface area contributed by atoms with E-state index in [0.717, 1.165) is 6.07 Å². The van der Waals surface area contributed by atoms with Crippen molar-refractivity contribution in [1.82, 2.24) is 4.90 Å². The molecule has 0 aliphatic carbocycles. The van der Waals surface area contributed by atoms with Gasteiger partial charge in [0.25, 0.3) is 0 Å². The molecule has 3 atom stereocenters. The number of aliphatic hydroxyl groups is 1. The van der Waals surface area contributed by atoms with E-state index in [1.165, 1.54) is 6.07 Å². The molecule has 1 aliphatic heterocycles. The molecular weight excluding hydrogens is 471 g/mol. The predicted molar refractivity (Wildman–Crippen MR) is 126 cm³/mol. The number of aromatic hydroxyl groups is 1. The average molecular weight is 494 g/mol. The van der Waals surface area contributed by atoms with Crippen molar-refractivity contribution in [2.24, 2.45) is 0 Å². The molecular formula is C21H22BClNO8P. The van der Waals surface area contributed by atoms with Gasteiger partial charge >= 0.3 is 7.82 Å². The van der Waals surface area contributed by atoms with Crippen LogP contribution in [0.4, 0.5) is 0 Å². The van der Waals surface area contributed by atoms with Crippen LogP contribution in [0.25, 0.3) is 22.3 Å². The number of benzene rings is 2. The fourth-order valence-corrected chi connectivity index (χ4v) is 4.91. The number of hydrogen-bond donors (Lipinski definition) is 4. The minimum absolute atomic E-state index is 0.00336. The van der Waals surface area contributed by atoms with E-state index in [4.69, 9.17) is 20.5 Å². The molecule has 4 rings (SSSR count). The fraction of sp³-hybridized carbons (Fsp3) is 0.286. The molecule has 0 spiro atoms. The van der Waals surface area contributed by atoms with Crippen LogP contribution >= 0.6 is 19.4 Å². The topological polar surface area (TPSA) is 141 Å². The lowest BCUT2D eigenvalue weighted by molar-refractivity contribution is 0.0527. The molecule has 4 N–H and O–H groups in total. The number of phenolic OH excluding ortho intramolecular Hbond substituents is 1. The van der Waals surface area contributed by atoms with Gasteiger partial charge in [0.2, 0.25) is 0 Å². The number of phosphoric acid groups is 1. The lowest BCUT2D eigenvalue weighted by Crippen LogP contribution is -2.47. The van der Waals surface area contributed by atoms with Gasteiger partial charge in [-0.2, -0.15) is 0 Å². The SMILES string of the molecule is BC1CC(c2c(OP(=O)(O)O)cc(O)c3c(=O)cc(-c4ccccc4Cl)oc23)C(O)CN1C. The average Bonchev–Trinajstić information content (AvgIpc) is 2.70. The number of likely N-dealkylation sites (N-methyl/N-ethyl adjacent to an activating group) is 1. The molecule has 9 nitrogen and oxygen atoms in total. The van der Waals surface area contributed by atoms with E-state index >= 15 is 0 Å². The number of piperidine rings is 1. The molecule has 1 aromatic heterocycles. The highest BCUT2D eigenvalue weighted by atomic mass is 35.5. The van der Waals surface area contributed by atoms with Crippen molar-refractivity contribution in [3.05, 3.63) is 57.2 Å². The third-order valence-corrected chi connectivity index (χ3v) is 6.76. The first-order valence-corrected chi connectivity index (χ1v) is 12.1. The van der Waals surface area contributed by atoms with Gasteiger partial charge in [0.1, 0.15) is 36.1 Å². The Labute approximate surface area is 194 Å². The minimum Gasteiger partial charge on any atom is -0.507 e. The summed E-state index contributed by atoms with van der Waals surface area (Å²) in [6.07, 6.45) is -0.568. The molecule has 33 heavy (non-hydrogen) atoms. The molecule has 1 saturated heterocycles. The number of aliphatic hydroxyl groups excluding tert-OH is 1. The first-order valence-electron chi connectivity index (χ1n) is 10.2. The Hall–Kier alpha value is -2.33. The second-order valence-corrected chi connectivity index (χ2v) is 9.82. The molecule has 0 saturated carbocycles. The first-order chi connectivity index (χ1) is 15.5. The van der Waals surface area contributed by atoms with Gasteiger partial charge in [-0.25, -0.2) is 4.57 Å². The molecule has 12 heteroatoms. The van der Waals surface area contributed by atoms with Gasteiger partial charge in [-0.05, 0) is 31.5 Å². The summed E-state index contributed by atoms with van der Waals surface area (Å²) >= 11 is 6.27. The summed E-state index contributed by atoms with van der Waals surface area (Å²) in [5.74, 6) is -1.52. The van der Waals surface area contributed by atoms with Crippen molar-refractivity contribution in [3.63, 3.8) is 0 Å². The third-order valence-electron chi connectivity index (χ3n) is 6.00. The van der Waals surface area contributed by atoms with E-state index in [0.29, 0.717) is 17.0 Å². The van der Waals surface area contributed by atoms with E-state index in [-0.39, 0.29) is 40.5 Å². The van der Waals surface area contributed by atoms with Gasteiger partial charge in [0.15, 0.2) is 5.43 Å². The number of halogens is 1. The highest BCUT2D eigenvalue weighted by Gasteiger charge is 2.37. The molecule has 1 aliphatic rings. The van der Waals surface area contributed by atoms with Crippen LogP contribution in [-0.4, -0.2) is 58.4 Å². The summed E-state index contributed by atoms with van der Waals surface area (Å²) in [5.41, 5.74) is -0.184. The van der Waals surface area contributed by atoms with Gasteiger partial charge in [-0.1, -0.05) is 23.7 Å². The molecule has 0 amide bonds. The van der Waals surface area contributed by atoms with E-state index in [9.17, 15) is 29.4 Å². The van der Waals surface area contributed by atoms with E-state index in [1.54, 1.807) is 24.3 Å². The van der Waals surface area contributed by atoms with Gasteiger partial charge in [-0.15, -0.1) is 0 Å². The molecule has 0 bridgehead atoms.